The topological polar surface area (TPSA) is 47.7 Å². The molecule has 0 bridgehead atoms. The highest BCUT2D eigenvalue weighted by Crippen LogP contribution is 2.46. The Kier molecular flexibility index (Phi) is 4.39. The third-order valence-electron chi connectivity index (χ3n) is 4.73. The van der Waals surface area contributed by atoms with Gasteiger partial charge in [-0.25, -0.2) is 0 Å². The fraction of sp³-hybridized carbons (Fsp3) is 0.556. The van der Waals surface area contributed by atoms with E-state index in [-0.39, 0.29) is 0 Å². The molecule has 2 heterocycles. The predicted octanol–water partition coefficient (Wildman–Crippen LogP) is 2.76. The first-order valence-electron chi connectivity index (χ1n) is 8.37. The lowest BCUT2D eigenvalue weighted by Gasteiger charge is -2.17. The van der Waals surface area contributed by atoms with Crippen molar-refractivity contribution in [2.24, 2.45) is 5.41 Å². The molecular formula is C18H27N5. The van der Waals surface area contributed by atoms with E-state index in [1.54, 1.807) is 0 Å². The summed E-state index contributed by atoms with van der Waals surface area (Å²) in [5.74, 6) is 0. The zero-order chi connectivity index (χ0) is 16.4. The first kappa shape index (κ1) is 16.0. The first-order valence-corrected chi connectivity index (χ1v) is 8.37. The number of rotatable bonds is 8. The summed E-state index contributed by atoms with van der Waals surface area (Å²) in [5, 5.41) is 12.7. The molecule has 23 heavy (non-hydrogen) atoms. The Morgan fingerprint density at radius 1 is 1.30 bits per heavy atom. The molecule has 1 fully saturated rings. The summed E-state index contributed by atoms with van der Waals surface area (Å²) in [6.07, 6.45) is 6.56. The third-order valence-corrected chi connectivity index (χ3v) is 4.73. The number of nitrogens with zero attached hydrogens (tertiary/aromatic N) is 4. The smallest absolute Gasteiger partial charge is 0.0638 e. The molecule has 1 aliphatic rings. The highest BCUT2D eigenvalue weighted by atomic mass is 15.3. The van der Waals surface area contributed by atoms with Gasteiger partial charge in [0.05, 0.1) is 17.9 Å². The maximum absolute atomic E-state index is 4.61. The summed E-state index contributed by atoms with van der Waals surface area (Å²) in [6.45, 7) is 13.7. The summed E-state index contributed by atoms with van der Waals surface area (Å²) in [7, 11) is 0. The molecule has 0 aliphatic heterocycles. The Bertz CT molecular complexity index is 690. The lowest BCUT2D eigenvalue weighted by atomic mass is 10.1. The van der Waals surface area contributed by atoms with Crippen LogP contribution in [0, 0.1) is 26.2 Å². The molecule has 124 valence electrons. The van der Waals surface area contributed by atoms with Crippen molar-refractivity contribution in [1.29, 1.82) is 0 Å². The molecule has 2 aromatic heterocycles. The minimum Gasteiger partial charge on any atom is -0.312 e. The van der Waals surface area contributed by atoms with Gasteiger partial charge in [0.2, 0.25) is 0 Å². The van der Waals surface area contributed by atoms with Crippen molar-refractivity contribution in [3.63, 3.8) is 0 Å². The van der Waals surface area contributed by atoms with E-state index in [4.69, 9.17) is 0 Å². The number of aryl methyl sites for hydroxylation is 3. The molecule has 5 heteroatoms. The Labute approximate surface area is 138 Å². The van der Waals surface area contributed by atoms with Gasteiger partial charge in [0, 0.05) is 42.5 Å². The molecule has 0 aromatic carbocycles. The highest BCUT2D eigenvalue weighted by Gasteiger charge is 2.42. The first-order chi connectivity index (χ1) is 11.0. The van der Waals surface area contributed by atoms with Crippen LogP contribution in [-0.2, 0) is 19.6 Å². The molecule has 0 saturated heterocycles. The summed E-state index contributed by atoms with van der Waals surface area (Å²) in [5.41, 5.74) is 5.12. The van der Waals surface area contributed by atoms with E-state index in [2.05, 4.69) is 59.8 Å². The summed E-state index contributed by atoms with van der Waals surface area (Å²) >= 11 is 0. The van der Waals surface area contributed by atoms with Crippen LogP contribution < -0.4 is 5.32 Å². The van der Waals surface area contributed by atoms with Crippen LogP contribution in [0.15, 0.2) is 24.9 Å². The van der Waals surface area contributed by atoms with Crippen molar-refractivity contribution in [3.05, 3.63) is 47.6 Å². The van der Waals surface area contributed by atoms with Gasteiger partial charge in [-0.3, -0.25) is 9.36 Å². The Morgan fingerprint density at radius 3 is 2.70 bits per heavy atom. The lowest BCUT2D eigenvalue weighted by Crippen LogP contribution is -2.28. The van der Waals surface area contributed by atoms with Crippen molar-refractivity contribution in [1.82, 2.24) is 24.9 Å². The number of hydrogen-bond acceptors (Lipinski definition) is 3. The van der Waals surface area contributed by atoms with E-state index in [1.165, 1.54) is 24.1 Å². The van der Waals surface area contributed by atoms with Crippen LogP contribution in [0.25, 0.3) is 0 Å². The van der Waals surface area contributed by atoms with Crippen LogP contribution in [-0.4, -0.2) is 26.1 Å². The van der Waals surface area contributed by atoms with E-state index in [9.17, 15) is 0 Å². The van der Waals surface area contributed by atoms with Gasteiger partial charge in [-0.1, -0.05) is 6.08 Å². The number of hydrogen-bond donors (Lipinski definition) is 1. The standard InChI is InChI=1S/C18H27N5/c1-5-8-22-11-17(16(4)21-22)10-19-12-18(6-7-18)13-23-15(3)9-14(2)20-23/h5,9,11,19H,1,6-8,10,12-13H2,2-4H3. The van der Waals surface area contributed by atoms with E-state index in [0.717, 1.165) is 37.6 Å². The fourth-order valence-corrected chi connectivity index (χ4v) is 3.14. The molecule has 0 atom stereocenters. The average molecular weight is 313 g/mol. The van der Waals surface area contributed by atoms with Crippen LogP contribution >= 0.6 is 0 Å². The van der Waals surface area contributed by atoms with Crippen LogP contribution in [0.4, 0.5) is 0 Å². The van der Waals surface area contributed by atoms with Crippen molar-refractivity contribution in [2.75, 3.05) is 6.54 Å². The largest absolute Gasteiger partial charge is 0.312 e. The van der Waals surface area contributed by atoms with Crippen LogP contribution in [0.1, 0.15) is 35.5 Å². The van der Waals surface area contributed by atoms with Crippen molar-refractivity contribution < 1.29 is 0 Å². The van der Waals surface area contributed by atoms with E-state index in [1.807, 2.05) is 10.8 Å². The van der Waals surface area contributed by atoms with Crippen LogP contribution in [0.5, 0.6) is 0 Å². The summed E-state index contributed by atoms with van der Waals surface area (Å²) in [6, 6.07) is 2.15. The predicted molar refractivity (Wildman–Crippen MR) is 92.2 cm³/mol. The van der Waals surface area contributed by atoms with Gasteiger partial charge >= 0.3 is 0 Å². The fourth-order valence-electron chi connectivity index (χ4n) is 3.14. The second kappa shape index (κ2) is 6.32. The highest BCUT2D eigenvalue weighted by molar-refractivity contribution is 5.15. The van der Waals surface area contributed by atoms with Crippen LogP contribution in [0.3, 0.4) is 0 Å². The monoisotopic (exact) mass is 313 g/mol. The Balaban J connectivity index is 1.54. The number of aromatic nitrogens is 4. The second-order valence-corrected chi connectivity index (χ2v) is 6.94. The summed E-state index contributed by atoms with van der Waals surface area (Å²) in [4.78, 5) is 0. The van der Waals surface area contributed by atoms with Gasteiger partial charge in [-0.05, 0) is 39.7 Å². The Hall–Kier alpha value is -1.88. The molecule has 1 aliphatic carbocycles. The molecule has 5 nitrogen and oxygen atoms in total. The molecule has 0 radical (unpaired) electrons. The van der Waals surface area contributed by atoms with E-state index in [0.29, 0.717) is 5.41 Å². The molecule has 1 N–H and O–H groups in total. The number of nitrogens with one attached hydrogen (secondary N) is 1. The van der Waals surface area contributed by atoms with Crippen molar-refractivity contribution >= 4 is 0 Å². The van der Waals surface area contributed by atoms with Crippen LogP contribution in [0.2, 0.25) is 0 Å². The molecule has 3 rings (SSSR count). The van der Waals surface area contributed by atoms with Gasteiger partial charge in [0.15, 0.2) is 0 Å². The maximum Gasteiger partial charge on any atom is 0.0638 e. The lowest BCUT2D eigenvalue weighted by molar-refractivity contribution is 0.367. The van der Waals surface area contributed by atoms with Crippen molar-refractivity contribution in [3.8, 4) is 0 Å². The minimum atomic E-state index is 0.383. The maximum atomic E-state index is 4.61. The normalized spacial score (nSPS) is 15.8. The van der Waals surface area contributed by atoms with E-state index >= 15 is 0 Å². The zero-order valence-corrected chi connectivity index (χ0v) is 14.5. The van der Waals surface area contributed by atoms with Gasteiger partial charge < -0.3 is 5.32 Å². The zero-order valence-electron chi connectivity index (χ0n) is 14.5. The quantitative estimate of drug-likeness (QED) is 0.762. The molecule has 0 unspecified atom stereocenters. The van der Waals surface area contributed by atoms with Gasteiger partial charge in [-0.2, -0.15) is 10.2 Å². The van der Waals surface area contributed by atoms with Gasteiger partial charge in [0.25, 0.3) is 0 Å². The summed E-state index contributed by atoms with van der Waals surface area (Å²) < 4.78 is 4.11. The minimum absolute atomic E-state index is 0.383. The molecular weight excluding hydrogens is 286 g/mol. The Morgan fingerprint density at radius 2 is 2.09 bits per heavy atom. The second-order valence-electron chi connectivity index (χ2n) is 6.94. The molecule has 0 amide bonds. The van der Waals surface area contributed by atoms with Gasteiger partial charge in [-0.15, -0.1) is 6.58 Å². The molecule has 2 aromatic rings. The van der Waals surface area contributed by atoms with Crippen molar-refractivity contribution in [2.45, 2.75) is 53.2 Å². The third kappa shape index (κ3) is 3.72. The SMILES string of the molecule is C=CCn1cc(CNCC2(Cn3nc(C)cc3C)CC2)c(C)n1. The average Bonchev–Trinajstić information content (AvgIpc) is 3.05. The van der Waals surface area contributed by atoms with Gasteiger partial charge in [0.1, 0.15) is 0 Å². The molecule has 0 spiro atoms. The van der Waals surface area contributed by atoms with E-state index < -0.39 is 0 Å². The molecule has 1 saturated carbocycles. The number of allylic oxidation sites excluding steroid dienone is 1.